The summed E-state index contributed by atoms with van der Waals surface area (Å²) in [6.45, 7) is 21.7. The monoisotopic (exact) mass is 536 g/mol. The Bertz CT molecular complexity index is 1020. The number of aliphatic hydroxyl groups is 1. The molecule has 3 rings (SSSR count). The highest BCUT2D eigenvalue weighted by Crippen LogP contribution is 2.47. The van der Waals surface area contributed by atoms with Crippen LogP contribution in [0.5, 0.6) is 0 Å². The first-order valence-electron chi connectivity index (χ1n) is 13.8. The van der Waals surface area contributed by atoms with Crippen LogP contribution in [0.4, 0.5) is 0 Å². The van der Waals surface area contributed by atoms with Crippen LogP contribution in [0.15, 0.2) is 60.7 Å². The molecular weight excluding hydrogens is 489 g/mol. The van der Waals surface area contributed by atoms with Crippen molar-refractivity contribution in [2.75, 3.05) is 13.2 Å². The minimum absolute atomic E-state index is 0.0879. The molecule has 202 valence electrons. The van der Waals surface area contributed by atoms with E-state index in [9.17, 15) is 5.11 Å². The number of aliphatic hydroxyl groups excluding tert-OH is 1. The molecule has 0 radical (unpaired) electrons. The zero-order valence-electron chi connectivity index (χ0n) is 24.5. The fourth-order valence-electron chi connectivity index (χ4n) is 5.21. The minimum atomic E-state index is -2.61. The summed E-state index contributed by atoms with van der Waals surface area (Å²) in [6, 6.07) is 21.2. The molecule has 0 heterocycles. The lowest BCUT2D eigenvalue weighted by Crippen LogP contribution is -2.66. The number of rotatable bonds is 10. The molecule has 2 aromatic rings. The van der Waals surface area contributed by atoms with Crippen LogP contribution in [0, 0.1) is 29.6 Å². The molecule has 5 heteroatoms. The molecule has 3 atom stereocenters. The van der Waals surface area contributed by atoms with Gasteiger partial charge in [-0.15, -0.1) is 0 Å². The van der Waals surface area contributed by atoms with Gasteiger partial charge in [-0.05, 0) is 51.8 Å². The number of hydrogen-bond acceptors (Lipinski definition) is 3. The van der Waals surface area contributed by atoms with Crippen LogP contribution in [0.1, 0.15) is 54.9 Å². The van der Waals surface area contributed by atoms with Gasteiger partial charge in [-0.25, -0.2) is 0 Å². The molecule has 0 bridgehead atoms. The first kappa shape index (κ1) is 29.9. The summed E-state index contributed by atoms with van der Waals surface area (Å²) >= 11 is 0. The minimum Gasteiger partial charge on any atom is -0.417 e. The van der Waals surface area contributed by atoms with Gasteiger partial charge in [-0.2, -0.15) is 0 Å². The van der Waals surface area contributed by atoms with E-state index >= 15 is 0 Å². The van der Waals surface area contributed by atoms with Crippen molar-refractivity contribution >= 4 is 27.0 Å². The molecule has 1 aliphatic rings. The van der Waals surface area contributed by atoms with E-state index in [0.29, 0.717) is 18.4 Å². The first-order valence-corrected chi connectivity index (χ1v) is 18.6. The van der Waals surface area contributed by atoms with Crippen LogP contribution in [-0.2, 0) is 8.85 Å². The van der Waals surface area contributed by atoms with Gasteiger partial charge in [0.1, 0.15) is 6.10 Å². The lowest BCUT2D eigenvalue weighted by molar-refractivity contribution is 0.184. The molecule has 3 unspecified atom stereocenters. The summed E-state index contributed by atoms with van der Waals surface area (Å²) in [7, 11) is -4.46. The van der Waals surface area contributed by atoms with Crippen LogP contribution in [0.3, 0.4) is 0 Å². The van der Waals surface area contributed by atoms with E-state index in [1.54, 1.807) is 0 Å². The van der Waals surface area contributed by atoms with Crippen molar-refractivity contribution in [3.63, 3.8) is 0 Å². The van der Waals surface area contributed by atoms with Crippen molar-refractivity contribution in [2.24, 2.45) is 17.8 Å². The van der Waals surface area contributed by atoms with Gasteiger partial charge in [0.05, 0.1) is 6.61 Å². The number of benzene rings is 2. The van der Waals surface area contributed by atoms with E-state index in [2.05, 4.69) is 134 Å². The standard InChI is InChI=1S/C32H48O3Si2/c1-25(2)32(6,7)36(8,9)35-24-26-23-29(26)30(33)21-16-22-34-37(31(3,4)5,27-17-12-10-13-18-27)28-19-14-11-15-20-28/h10-15,17-20,25-26,29-30,33H,22-24H2,1-9H3. The Balaban J connectivity index is 1.67. The summed E-state index contributed by atoms with van der Waals surface area (Å²) in [5.41, 5.74) is 0. The molecule has 0 aliphatic heterocycles. The summed E-state index contributed by atoms with van der Waals surface area (Å²) < 4.78 is 13.4. The molecule has 1 fully saturated rings. The van der Waals surface area contributed by atoms with E-state index in [1.165, 1.54) is 10.4 Å². The Morgan fingerprint density at radius 1 is 0.892 bits per heavy atom. The maximum absolute atomic E-state index is 10.8. The molecule has 1 N–H and O–H groups in total. The van der Waals surface area contributed by atoms with Gasteiger partial charge >= 0.3 is 0 Å². The third-order valence-electron chi connectivity index (χ3n) is 9.06. The topological polar surface area (TPSA) is 38.7 Å². The van der Waals surface area contributed by atoms with E-state index in [4.69, 9.17) is 8.85 Å². The highest BCUT2D eigenvalue weighted by molar-refractivity contribution is 6.99. The lowest BCUT2D eigenvalue weighted by Gasteiger charge is -2.42. The SMILES string of the molecule is CC(C)C(C)(C)[Si](C)(C)OCC1CC1C(O)C#CCO[Si](c1ccccc1)(c1ccccc1)C(C)(C)C. The van der Waals surface area contributed by atoms with E-state index in [-0.39, 0.29) is 16.0 Å². The molecule has 3 nitrogen and oxygen atoms in total. The Hall–Kier alpha value is -1.69. The fourth-order valence-corrected chi connectivity index (χ4v) is 12.0. The predicted octanol–water partition coefficient (Wildman–Crippen LogP) is 6.22. The van der Waals surface area contributed by atoms with Gasteiger partial charge in [0.25, 0.3) is 8.32 Å². The average molecular weight is 537 g/mol. The molecule has 2 aromatic carbocycles. The Morgan fingerprint density at radius 3 is 1.86 bits per heavy atom. The van der Waals surface area contributed by atoms with Crippen LogP contribution < -0.4 is 10.4 Å². The third kappa shape index (κ3) is 6.49. The Morgan fingerprint density at radius 2 is 1.41 bits per heavy atom. The van der Waals surface area contributed by atoms with Gasteiger partial charge in [0.2, 0.25) is 0 Å². The van der Waals surface area contributed by atoms with Crippen molar-refractivity contribution in [3.05, 3.63) is 60.7 Å². The van der Waals surface area contributed by atoms with Crippen molar-refractivity contribution in [1.29, 1.82) is 0 Å². The highest BCUT2D eigenvalue weighted by Gasteiger charge is 2.50. The maximum atomic E-state index is 10.8. The molecule has 0 amide bonds. The average Bonchev–Trinajstić information content (AvgIpc) is 3.63. The van der Waals surface area contributed by atoms with Crippen LogP contribution in [-0.4, -0.2) is 41.1 Å². The Labute approximate surface area is 228 Å². The zero-order valence-corrected chi connectivity index (χ0v) is 26.5. The fraction of sp³-hybridized carbons (Fsp3) is 0.562. The van der Waals surface area contributed by atoms with Gasteiger partial charge < -0.3 is 14.0 Å². The van der Waals surface area contributed by atoms with Gasteiger partial charge in [-0.3, -0.25) is 0 Å². The largest absolute Gasteiger partial charge is 0.417 e. The first-order chi connectivity index (χ1) is 17.2. The van der Waals surface area contributed by atoms with Crippen molar-refractivity contribution < 1.29 is 14.0 Å². The normalized spacial score (nSPS) is 19.3. The lowest BCUT2D eigenvalue weighted by atomic mass is 9.99. The number of hydrogen-bond donors (Lipinski definition) is 1. The second-order valence-electron chi connectivity index (χ2n) is 13.1. The smallest absolute Gasteiger partial charge is 0.262 e. The van der Waals surface area contributed by atoms with Crippen LogP contribution in [0.25, 0.3) is 0 Å². The zero-order chi connectivity index (χ0) is 27.5. The molecule has 0 saturated heterocycles. The van der Waals surface area contributed by atoms with Crippen LogP contribution in [0.2, 0.25) is 23.2 Å². The highest BCUT2D eigenvalue weighted by atomic mass is 28.4. The summed E-state index contributed by atoms with van der Waals surface area (Å²) in [4.78, 5) is 0. The molecular formula is C32H48O3Si2. The van der Waals surface area contributed by atoms with E-state index in [0.717, 1.165) is 13.0 Å². The quantitative estimate of drug-likeness (QED) is 0.289. The van der Waals surface area contributed by atoms with Gasteiger partial charge in [0.15, 0.2) is 8.32 Å². The Kier molecular flexibility index (Phi) is 9.36. The third-order valence-corrected chi connectivity index (χ3v) is 18.6. The van der Waals surface area contributed by atoms with Crippen molar-refractivity contribution in [3.8, 4) is 11.8 Å². The summed E-state index contributed by atoms with van der Waals surface area (Å²) in [6.07, 6.45) is 0.358. The van der Waals surface area contributed by atoms with Gasteiger partial charge in [0, 0.05) is 12.5 Å². The van der Waals surface area contributed by atoms with Crippen molar-refractivity contribution in [1.82, 2.24) is 0 Å². The van der Waals surface area contributed by atoms with Crippen molar-refractivity contribution in [2.45, 2.75) is 84.2 Å². The second-order valence-corrected chi connectivity index (χ2v) is 22.0. The van der Waals surface area contributed by atoms with Gasteiger partial charge in [-0.1, -0.05) is 121 Å². The molecule has 37 heavy (non-hydrogen) atoms. The summed E-state index contributed by atoms with van der Waals surface area (Å²) in [5.74, 6) is 7.47. The molecule has 0 aromatic heterocycles. The van der Waals surface area contributed by atoms with E-state index < -0.39 is 22.7 Å². The predicted molar refractivity (Wildman–Crippen MR) is 161 cm³/mol. The maximum Gasteiger partial charge on any atom is 0.262 e. The molecule has 0 spiro atoms. The van der Waals surface area contributed by atoms with Crippen LogP contribution >= 0.6 is 0 Å². The summed E-state index contributed by atoms with van der Waals surface area (Å²) in [5, 5.41) is 13.4. The van der Waals surface area contributed by atoms with E-state index in [1.807, 2.05) is 0 Å². The molecule has 1 aliphatic carbocycles. The second kappa shape index (κ2) is 11.6. The molecule has 1 saturated carbocycles.